The Labute approximate surface area is 198 Å². The minimum absolute atomic E-state index is 0.0677. The number of aromatic nitrogens is 2. The second-order valence-corrected chi connectivity index (χ2v) is 7.77. The van der Waals surface area contributed by atoms with Crippen molar-refractivity contribution < 1.29 is 9.53 Å². The van der Waals surface area contributed by atoms with Crippen LogP contribution in [0.3, 0.4) is 0 Å². The Morgan fingerprint density at radius 2 is 1.32 bits per heavy atom. The highest BCUT2D eigenvalue weighted by Gasteiger charge is 2.09. The van der Waals surface area contributed by atoms with Crippen molar-refractivity contribution in [2.45, 2.75) is 0 Å². The zero-order valence-electron chi connectivity index (χ0n) is 18.5. The van der Waals surface area contributed by atoms with Crippen molar-refractivity contribution in [1.29, 1.82) is 0 Å². The molecule has 0 unspecified atom stereocenters. The van der Waals surface area contributed by atoms with Crippen molar-refractivity contribution in [3.05, 3.63) is 121 Å². The van der Waals surface area contributed by atoms with E-state index in [0.717, 1.165) is 33.8 Å². The lowest BCUT2D eigenvalue weighted by atomic mass is 10.1. The Balaban J connectivity index is 1.18. The van der Waals surface area contributed by atoms with E-state index in [1.807, 2.05) is 108 Å². The molecule has 1 amide bonds. The molecule has 166 valence electrons. The van der Waals surface area contributed by atoms with E-state index in [4.69, 9.17) is 4.74 Å². The normalized spacial score (nSPS) is 10.6. The van der Waals surface area contributed by atoms with Crippen LogP contribution in [0.1, 0.15) is 0 Å². The third-order valence-corrected chi connectivity index (χ3v) is 5.44. The van der Waals surface area contributed by atoms with Crippen molar-refractivity contribution in [1.82, 2.24) is 9.78 Å². The molecule has 5 rings (SSSR count). The van der Waals surface area contributed by atoms with Gasteiger partial charge in [-0.15, -0.1) is 0 Å². The topological polar surface area (TPSA) is 56.1 Å². The van der Waals surface area contributed by atoms with Crippen LogP contribution < -0.4 is 10.1 Å². The average Bonchev–Trinajstić information content (AvgIpc) is 3.39. The van der Waals surface area contributed by atoms with Gasteiger partial charge in [-0.1, -0.05) is 60.7 Å². The number of hydrogen-bond acceptors (Lipinski definition) is 3. The molecule has 0 spiro atoms. The maximum Gasteiger partial charge on any atom is 0.262 e. The Morgan fingerprint density at radius 3 is 2.03 bits per heavy atom. The van der Waals surface area contributed by atoms with E-state index in [1.54, 1.807) is 6.20 Å². The highest BCUT2D eigenvalue weighted by Crippen LogP contribution is 2.25. The smallest absolute Gasteiger partial charge is 0.262 e. The Hall–Kier alpha value is -4.64. The van der Waals surface area contributed by atoms with Crippen molar-refractivity contribution in [3.63, 3.8) is 0 Å². The Bertz CT molecular complexity index is 1360. The minimum atomic E-state index is -0.210. The van der Waals surface area contributed by atoms with Crippen LogP contribution in [0.25, 0.3) is 28.1 Å². The van der Waals surface area contributed by atoms with Gasteiger partial charge in [-0.2, -0.15) is 5.10 Å². The first-order chi connectivity index (χ1) is 16.8. The Morgan fingerprint density at radius 1 is 0.706 bits per heavy atom. The molecule has 0 bridgehead atoms. The number of carbonyl (C=O) groups excluding carboxylic acids is 1. The summed E-state index contributed by atoms with van der Waals surface area (Å²) >= 11 is 0. The van der Waals surface area contributed by atoms with E-state index >= 15 is 0 Å². The van der Waals surface area contributed by atoms with Gasteiger partial charge >= 0.3 is 0 Å². The van der Waals surface area contributed by atoms with E-state index in [2.05, 4.69) is 22.5 Å². The molecular formula is C29H23N3O2. The quantitative estimate of drug-likeness (QED) is 0.323. The lowest BCUT2D eigenvalue weighted by molar-refractivity contribution is -0.118. The molecule has 0 aliphatic carbocycles. The summed E-state index contributed by atoms with van der Waals surface area (Å²) in [6.07, 6.45) is 1.78. The number of amides is 1. The predicted molar refractivity (Wildman–Crippen MR) is 135 cm³/mol. The van der Waals surface area contributed by atoms with E-state index in [-0.39, 0.29) is 12.5 Å². The van der Waals surface area contributed by atoms with Crippen LogP contribution in [0.5, 0.6) is 5.75 Å². The summed E-state index contributed by atoms with van der Waals surface area (Å²) in [7, 11) is 0. The van der Waals surface area contributed by atoms with E-state index in [9.17, 15) is 4.79 Å². The van der Waals surface area contributed by atoms with Gasteiger partial charge in [0.15, 0.2) is 6.61 Å². The number of nitrogens with zero attached hydrogens (tertiary/aromatic N) is 2. The fourth-order valence-corrected chi connectivity index (χ4v) is 3.74. The van der Waals surface area contributed by atoms with E-state index in [0.29, 0.717) is 5.75 Å². The Kier molecular flexibility index (Phi) is 6.16. The van der Waals surface area contributed by atoms with Gasteiger partial charge < -0.3 is 10.1 Å². The van der Waals surface area contributed by atoms with Crippen LogP contribution in [0.2, 0.25) is 0 Å². The van der Waals surface area contributed by atoms with Gasteiger partial charge in [-0.25, -0.2) is 4.68 Å². The maximum absolute atomic E-state index is 12.3. The first-order valence-corrected chi connectivity index (χ1v) is 11.0. The fourth-order valence-electron chi connectivity index (χ4n) is 3.74. The second-order valence-electron chi connectivity index (χ2n) is 7.77. The molecule has 5 aromatic rings. The van der Waals surface area contributed by atoms with Crippen LogP contribution in [0, 0.1) is 0 Å². The molecule has 0 saturated carbocycles. The summed E-state index contributed by atoms with van der Waals surface area (Å²) in [5, 5.41) is 7.31. The highest BCUT2D eigenvalue weighted by atomic mass is 16.5. The number of hydrogen-bond donors (Lipinski definition) is 1. The van der Waals surface area contributed by atoms with Crippen molar-refractivity contribution in [2.24, 2.45) is 0 Å². The molecule has 0 atom stereocenters. The molecule has 5 nitrogen and oxygen atoms in total. The summed E-state index contributed by atoms with van der Waals surface area (Å²) < 4.78 is 7.58. The summed E-state index contributed by atoms with van der Waals surface area (Å²) in [4.78, 5) is 12.3. The van der Waals surface area contributed by atoms with Crippen LogP contribution in [0.4, 0.5) is 5.69 Å². The summed E-state index contributed by atoms with van der Waals surface area (Å²) in [6.45, 7) is -0.0677. The fraction of sp³-hybridized carbons (Fsp3) is 0.0345. The molecule has 1 aromatic heterocycles. The number of carbonyl (C=O) groups is 1. The highest BCUT2D eigenvalue weighted by molar-refractivity contribution is 5.92. The molecule has 1 heterocycles. The molecule has 1 N–H and O–H groups in total. The third-order valence-electron chi connectivity index (χ3n) is 5.44. The number of rotatable bonds is 7. The lowest BCUT2D eigenvalue weighted by Gasteiger charge is -2.10. The van der Waals surface area contributed by atoms with Gasteiger partial charge in [0.1, 0.15) is 5.75 Å². The van der Waals surface area contributed by atoms with Crippen molar-refractivity contribution in [2.75, 3.05) is 11.9 Å². The molecule has 0 aliphatic rings. The number of anilines is 1. The number of para-hydroxylation sites is 1. The number of nitrogens with one attached hydrogen (secondary N) is 1. The molecule has 0 fully saturated rings. The molecule has 4 aromatic carbocycles. The lowest BCUT2D eigenvalue weighted by Crippen LogP contribution is -2.20. The van der Waals surface area contributed by atoms with Crippen LogP contribution in [0.15, 0.2) is 121 Å². The monoisotopic (exact) mass is 445 g/mol. The molecule has 34 heavy (non-hydrogen) atoms. The molecule has 5 heteroatoms. The van der Waals surface area contributed by atoms with E-state index in [1.165, 1.54) is 0 Å². The average molecular weight is 446 g/mol. The first-order valence-electron chi connectivity index (χ1n) is 11.0. The summed E-state index contributed by atoms with van der Waals surface area (Å²) in [6, 6.07) is 37.5. The zero-order valence-corrected chi connectivity index (χ0v) is 18.5. The second kappa shape index (κ2) is 9.88. The predicted octanol–water partition coefficient (Wildman–Crippen LogP) is 6.22. The van der Waals surface area contributed by atoms with Gasteiger partial charge in [0.25, 0.3) is 5.91 Å². The summed E-state index contributed by atoms with van der Waals surface area (Å²) in [5.74, 6) is 0.419. The molecular weight excluding hydrogens is 422 g/mol. The number of ether oxygens (including phenoxy) is 1. The van der Waals surface area contributed by atoms with Gasteiger partial charge in [0.2, 0.25) is 0 Å². The molecule has 0 aliphatic heterocycles. The van der Waals surface area contributed by atoms with Crippen LogP contribution in [-0.4, -0.2) is 22.3 Å². The van der Waals surface area contributed by atoms with Crippen molar-refractivity contribution in [3.8, 4) is 33.8 Å². The van der Waals surface area contributed by atoms with E-state index < -0.39 is 0 Å². The molecule has 0 radical (unpaired) electrons. The van der Waals surface area contributed by atoms with Crippen molar-refractivity contribution >= 4 is 11.6 Å². The van der Waals surface area contributed by atoms with Gasteiger partial charge in [-0.05, 0) is 65.7 Å². The van der Waals surface area contributed by atoms with Gasteiger partial charge in [0, 0.05) is 11.3 Å². The largest absolute Gasteiger partial charge is 0.484 e. The number of benzene rings is 4. The van der Waals surface area contributed by atoms with Crippen LogP contribution in [-0.2, 0) is 4.79 Å². The third kappa shape index (κ3) is 4.89. The summed E-state index contributed by atoms with van der Waals surface area (Å²) in [5.41, 5.74) is 5.96. The zero-order chi connectivity index (χ0) is 23.2. The van der Waals surface area contributed by atoms with Gasteiger partial charge in [-0.3, -0.25) is 4.79 Å². The van der Waals surface area contributed by atoms with Gasteiger partial charge in [0.05, 0.1) is 17.6 Å². The standard InChI is InChI=1S/C29H23N3O2/c33-29(31-25-15-11-23(12-16-25)22-7-3-1-4-8-22)21-34-27-17-13-24(14-18-27)28-19-20-30-32(28)26-9-5-2-6-10-26/h1-20H,21H2,(H,31,33). The SMILES string of the molecule is O=C(COc1ccc(-c2ccnn2-c2ccccc2)cc1)Nc1ccc(-c2ccccc2)cc1. The first kappa shape index (κ1) is 21.2. The van der Waals surface area contributed by atoms with Crippen LogP contribution >= 0.6 is 0 Å². The maximum atomic E-state index is 12.3. The molecule has 0 saturated heterocycles. The minimum Gasteiger partial charge on any atom is -0.484 e.